The molecule has 0 atom stereocenters. The van der Waals surface area contributed by atoms with Gasteiger partial charge in [-0.3, -0.25) is 20.2 Å². The molecule has 4 aromatic rings. The Balaban J connectivity index is 1.21. The maximum Gasteiger partial charge on any atom is 0.270 e. The lowest BCUT2D eigenvalue weighted by molar-refractivity contribution is -0.438. The van der Waals surface area contributed by atoms with E-state index in [1.807, 2.05) is 12.1 Å². The highest BCUT2D eigenvalue weighted by atomic mass is 35.5. The van der Waals surface area contributed by atoms with Crippen LogP contribution >= 0.6 is 11.6 Å². The van der Waals surface area contributed by atoms with Gasteiger partial charge in [0.1, 0.15) is 6.54 Å². The summed E-state index contributed by atoms with van der Waals surface area (Å²) in [5.74, 6) is 0. The normalized spacial score (nSPS) is 17.8. The number of hydrogen-bond acceptors (Lipinski definition) is 5. The number of halogens is 1. The number of anilines is 1. The van der Waals surface area contributed by atoms with E-state index in [4.69, 9.17) is 11.6 Å². The molecule has 0 bridgehead atoms. The van der Waals surface area contributed by atoms with E-state index >= 15 is 0 Å². The van der Waals surface area contributed by atoms with Crippen LogP contribution in [0.4, 0.5) is 22.7 Å². The number of nitro groups is 2. The van der Waals surface area contributed by atoms with Crippen LogP contribution in [0.15, 0.2) is 107 Å². The molecule has 0 saturated carbocycles. The Kier molecular flexibility index (Phi) is 16.6. The van der Waals surface area contributed by atoms with Gasteiger partial charge in [0.25, 0.3) is 11.4 Å². The van der Waals surface area contributed by atoms with E-state index in [9.17, 15) is 20.2 Å². The van der Waals surface area contributed by atoms with Crippen LogP contribution < -0.4 is 4.90 Å². The molecule has 2 heterocycles. The second-order valence-corrected chi connectivity index (χ2v) is 20.8. The van der Waals surface area contributed by atoms with Gasteiger partial charge < -0.3 is 4.90 Å². The molecule has 0 spiro atoms. The minimum absolute atomic E-state index is 0.113. The Morgan fingerprint density at radius 2 is 1.18 bits per heavy atom. The summed E-state index contributed by atoms with van der Waals surface area (Å²) < 4.78 is 2.47. The Bertz CT molecular complexity index is 2630. The van der Waals surface area contributed by atoms with Gasteiger partial charge in [-0.05, 0) is 115 Å². The summed E-state index contributed by atoms with van der Waals surface area (Å²) in [4.78, 5) is 25.9. The lowest BCUT2D eigenvalue weighted by Gasteiger charge is -2.27. The summed E-state index contributed by atoms with van der Waals surface area (Å²) in [5.41, 5.74) is 8.58. The minimum Gasteiger partial charge on any atom is -0.344 e. The molecule has 67 heavy (non-hydrogen) atoms. The first kappa shape index (κ1) is 49.8. The van der Waals surface area contributed by atoms with Crippen LogP contribution in [0.5, 0.6) is 0 Å². The van der Waals surface area contributed by atoms with E-state index in [1.165, 1.54) is 101 Å². The van der Waals surface area contributed by atoms with Gasteiger partial charge in [-0.2, -0.15) is 4.58 Å². The largest absolute Gasteiger partial charge is 0.344 e. The molecule has 0 N–H and O–H groups in total. The molecular weight excluding hydrogens is 852 g/mol. The predicted molar refractivity (Wildman–Crippen MR) is 282 cm³/mol. The van der Waals surface area contributed by atoms with Gasteiger partial charge in [-0.25, -0.2) is 0 Å². The SMILES string of the molecule is CCCCCCCCCCN1/C(=C\C=C2/CCCC(/C=C/C3=[N+](CCCCCCCCCC)c4ccc5ccc([N+](=O)[O-])cc5c4C3(C)C)=C2Cl)C(C)(C)c2c1ccc1ccc([N+](=O)[O-])cc21. The summed E-state index contributed by atoms with van der Waals surface area (Å²) in [6.07, 6.45) is 31.6. The number of non-ortho nitro benzene ring substituents is 2. The summed E-state index contributed by atoms with van der Waals surface area (Å²) in [7, 11) is 0. The standard InChI is InChI=1S/C58H74ClN4O4/c1-7-9-11-13-15-17-19-21-38-60-50-34-28-42-26-32-46(62(64)65)40-48(42)54(50)57(3,4)52(60)36-30-44-24-23-25-45(56(44)59)31-37-53-58(5,6)55-49-41-47(63(66)67)33-27-43(49)29-35-51(55)61(53)39-22-20-18-16-14-12-10-8-2/h26-37,40-41H,7-25,38-39H2,1-6H3/q+1. The number of fused-ring (bicyclic) bond motifs is 6. The van der Waals surface area contributed by atoms with E-state index < -0.39 is 10.8 Å². The number of nitrogens with zero attached hydrogens (tertiary/aromatic N) is 4. The molecule has 9 heteroatoms. The van der Waals surface area contributed by atoms with Gasteiger partial charge in [0.15, 0.2) is 5.71 Å². The Morgan fingerprint density at radius 1 is 0.642 bits per heavy atom. The van der Waals surface area contributed by atoms with Crippen molar-refractivity contribution in [1.82, 2.24) is 0 Å². The van der Waals surface area contributed by atoms with E-state index in [1.54, 1.807) is 24.3 Å². The molecule has 3 aliphatic rings. The highest BCUT2D eigenvalue weighted by molar-refractivity contribution is 6.32. The van der Waals surface area contributed by atoms with Gasteiger partial charge in [-0.15, -0.1) is 0 Å². The fraction of sp³-hybridized carbons (Fsp3) is 0.500. The van der Waals surface area contributed by atoms with Crippen molar-refractivity contribution in [2.75, 3.05) is 18.0 Å². The lowest BCUT2D eigenvalue weighted by atomic mass is 9.78. The first-order valence-corrected chi connectivity index (χ1v) is 26.0. The summed E-state index contributed by atoms with van der Waals surface area (Å²) in [5, 5.41) is 28.7. The third-order valence-electron chi connectivity index (χ3n) is 14.9. The van der Waals surface area contributed by atoms with Crippen molar-refractivity contribution in [3.05, 3.63) is 138 Å². The van der Waals surface area contributed by atoms with E-state index in [0.717, 1.165) is 105 Å². The Morgan fingerprint density at radius 3 is 1.78 bits per heavy atom. The van der Waals surface area contributed by atoms with Gasteiger partial charge >= 0.3 is 0 Å². The van der Waals surface area contributed by atoms with Crippen molar-refractivity contribution in [1.29, 1.82) is 0 Å². The first-order valence-electron chi connectivity index (χ1n) is 25.6. The second kappa shape index (κ2) is 22.4. The Hall–Kier alpha value is -5.08. The average molecular weight is 927 g/mol. The number of benzene rings is 4. The van der Waals surface area contributed by atoms with Crippen LogP contribution in [0, 0.1) is 20.2 Å². The summed E-state index contributed by atoms with van der Waals surface area (Å²) in [6, 6.07) is 19.1. The maximum atomic E-state index is 12.0. The zero-order valence-corrected chi connectivity index (χ0v) is 42.0. The number of allylic oxidation sites excluding steroid dienone is 8. The van der Waals surface area contributed by atoms with Crippen LogP contribution in [0.3, 0.4) is 0 Å². The second-order valence-electron chi connectivity index (χ2n) is 20.4. The van der Waals surface area contributed by atoms with Crippen LogP contribution in [0.25, 0.3) is 21.5 Å². The molecule has 0 saturated heterocycles. The fourth-order valence-electron chi connectivity index (χ4n) is 11.2. The van der Waals surface area contributed by atoms with Crippen LogP contribution in [0.1, 0.15) is 175 Å². The maximum absolute atomic E-state index is 12.0. The average Bonchev–Trinajstić information content (AvgIpc) is 3.67. The van der Waals surface area contributed by atoms with Gasteiger partial charge in [0, 0.05) is 76.8 Å². The minimum atomic E-state index is -0.405. The number of nitro benzene ring substituents is 2. The van der Waals surface area contributed by atoms with E-state index in [-0.39, 0.29) is 21.2 Å². The topological polar surface area (TPSA) is 92.5 Å². The highest BCUT2D eigenvalue weighted by Gasteiger charge is 2.46. The molecule has 0 radical (unpaired) electrons. The fourth-order valence-corrected chi connectivity index (χ4v) is 11.5. The first-order chi connectivity index (χ1) is 32.3. The van der Waals surface area contributed by atoms with Crippen molar-refractivity contribution < 1.29 is 14.4 Å². The predicted octanol–water partition coefficient (Wildman–Crippen LogP) is 17.3. The van der Waals surface area contributed by atoms with Crippen molar-refractivity contribution in [2.24, 2.45) is 0 Å². The summed E-state index contributed by atoms with van der Waals surface area (Å²) >= 11 is 7.46. The third-order valence-corrected chi connectivity index (χ3v) is 15.4. The number of rotatable bonds is 23. The summed E-state index contributed by atoms with van der Waals surface area (Å²) in [6.45, 7) is 15.3. The molecule has 0 aromatic heterocycles. The molecule has 0 amide bonds. The van der Waals surface area contributed by atoms with Crippen LogP contribution in [-0.4, -0.2) is 33.2 Å². The Labute approximate surface area is 404 Å². The monoisotopic (exact) mass is 926 g/mol. The molecule has 356 valence electrons. The van der Waals surface area contributed by atoms with Gasteiger partial charge in [0.05, 0.1) is 15.3 Å². The molecule has 2 aliphatic heterocycles. The molecule has 0 fully saturated rings. The zero-order chi connectivity index (χ0) is 47.7. The lowest BCUT2D eigenvalue weighted by Crippen LogP contribution is -2.28. The third kappa shape index (κ3) is 11.0. The number of hydrogen-bond donors (Lipinski definition) is 0. The van der Waals surface area contributed by atoms with Crippen molar-refractivity contribution in [3.8, 4) is 0 Å². The molecule has 1 aliphatic carbocycles. The van der Waals surface area contributed by atoms with E-state index in [2.05, 4.69) is 99.6 Å². The quantitative estimate of drug-likeness (QED) is 0.0320. The molecule has 4 aromatic carbocycles. The highest BCUT2D eigenvalue weighted by Crippen LogP contribution is 2.52. The van der Waals surface area contributed by atoms with Gasteiger partial charge in [-0.1, -0.05) is 141 Å². The van der Waals surface area contributed by atoms with Crippen LogP contribution in [0.2, 0.25) is 0 Å². The van der Waals surface area contributed by atoms with Crippen molar-refractivity contribution >= 4 is 61.6 Å². The molecule has 7 rings (SSSR count). The number of unbranched alkanes of at least 4 members (excludes halogenated alkanes) is 14. The van der Waals surface area contributed by atoms with Crippen LogP contribution in [-0.2, 0) is 10.8 Å². The molecule has 8 nitrogen and oxygen atoms in total. The zero-order valence-electron chi connectivity index (χ0n) is 41.2. The van der Waals surface area contributed by atoms with Crippen molar-refractivity contribution in [3.63, 3.8) is 0 Å². The molecule has 0 unspecified atom stereocenters. The van der Waals surface area contributed by atoms with E-state index in [0.29, 0.717) is 0 Å². The van der Waals surface area contributed by atoms with Crippen molar-refractivity contribution in [2.45, 2.75) is 174 Å². The van der Waals surface area contributed by atoms with Gasteiger partial charge in [0.2, 0.25) is 5.69 Å². The smallest absolute Gasteiger partial charge is 0.270 e. The molecular formula is C58H74ClN4O4+.